The minimum absolute atomic E-state index is 0.292. The minimum Gasteiger partial charge on any atom is -0.331 e. The predicted molar refractivity (Wildman–Crippen MR) is 121 cm³/mol. The van der Waals surface area contributed by atoms with Crippen molar-refractivity contribution >= 4 is 11.8 Å². The Hall–Kier alpha value is 0.230. The maximum absolute atomic E-state index is 5.67. The molecule has 3 nitrogen and oxygen atoms in total. The van der Waals surface area contributed by atoms with Gasteiger partial charge in [0, 0.05) is 27.2 Å². The largest absolute Gasteiger partial charge is 0.331 e. The molecule has 0 aromatic heterocycles. The van der Waals surface area contributed by atoms with Gasteiger partial charge in [-0.25, -0.2) is 0 Å². The summed E-state index contributed by atoms with van der Waals surface area (Å²) in [6.45, 7) is 4.54. The molecule has 164 valence electrons. The van der Waals surface area contributed by atoms with Crippen molar-refractivity contribution in [3.05, 3.63) is 0 Å². The van der Waals surface area contributed by atoms with Gasteiger partial charge >= 0.3 is 0 Å². The molecule has 1 atom stereocenters. The summed E-state index contributed by atoms with van der Waals surface area (Å²) in [6.07, 6.45) is 18.3. The van der Waals surface area contributed by atoms with E-state index in [1.54, 1.807) is 21.3 Å². The first-order valence-corrected chi connectivity index (χ1v) is 12.6. The number of rotatable bonds is 21. The number of hydrogen-bond donors (Lipinski definition) is 0. The standard InChI is InChI=1S/C23H48O3S/c1-6-8-10-12-14-16-18-22(23(24-3,25-4)26-5)19-21-27-20-17-15-13-11-9-7-2/h22H,6-21H2,1-5H3. The second-order valence-electron chi connectivity index (χ2n) is 7.64. The van der Waals surface area contributed by atoms with Crippen molar-refractivity contribution in [1.29, 1.82) is 0 Å². The monoisotopic (exact) mass is 404 g/mol. The molecule has 4 heteroatoms. The SMILES string of the molecule is CCCCCCCCSCCC(CCCCCCCC)C(OC)(OC)OC. The molecule has 0 rings (SSSR count). The third-order valence-corrected chi connectivity index (χ3v) is 6.61. The highest BCUT2D eigenvalue weighted by Crippen LogP contribution is 2.32. The van der Waals surface area contributed by atoms with E-state index in [4.69, 9.17) is 14.2 Å². The van der Waals surface area contributed by atoms with Gasteiger partial charge in [0.05, 0.1) is 0 Å². The molecule has 27 heavy (non-hydrogen) atoms. The number of hydrogen-bond acceptors (Lipinski definition) is 4. The van der Waals surface area contributed by atoms with E-state index in [1.807, 2.05) is 0 Å². The normalized spacial score (nSPS) is 13.2. The van der Waals surface area contributed by atoms with Crippen LogP contribution in [0.1, 0.15) is 104 Å². The zero-order valence-electron chi connectivity index (χ0n) is 19.0. The molecule has 0 aliphatic rings. The Morgan fingerprint density at radius 3 is 1.59 bits per heavy atom. The Kier molecular flexibility index (Phi) is 19.7. The molecule has 0 spiro atoms. The lowest BCUT2D eigenvalue weighted by molar-refractivity contribution is -0.379. The molecular formula is C23H48O3S. The predicted octanol–water partition coefficient (Wildman–Crippen LogP) is 7.43. The molecular weight excluding hydrogens is 356 g/mol. The molecule has 0 amide bonds. The van der Waals surface area contributed by atoms with Crippen LogP contribution in [0.5, 0.6) is 0 Å². The van der Waals surface area contributed by atoms with Crippen LogP contribution in [-0.4, -0.2) is 38.8 Å². The highest BCUT2D eigenvalue weighted by atomic mass is 32.2. The maximum Gasteiger partial charge on any atom is 0.285 e. The Labute approximate surface area is 174 Å². The van der Waals surface area contributed by atoms with Crippen LogP contribution in [0, 0.1) is 5.92 Å². The van der Waals surface area contributed by atoms with E-state index in [0.717, 1.165) is 18.6 Å². The zero-order valence-corrected chi connectivity index (χ0v) is 19.8. The third-order valence-electron chi connectivity index (χ3n) is 5.51. The van der Waals surface area contributed by atoms with Crippen molar-refractivity contribution in [1.82, 2.24) is 0 Å². The van der Waals surface area contributed by atoms with Gasteiger partial charge in [-0.05, 0) is 30.8 Å². The average molecular weight is 405 g/mol. The van der Waals surface area contributed by atoms with Crippen LogP contribution >= 0.6 is 11.8 Å². The van der Waals surface area contributed by atoms with Gasteiger partial charge < -0.3 is 14.2 Å². The molecule has 0 aromatic carbocycles. The zero-order chi connectivity index (χ0) is 20.2. The second-order valence-corrected chi connectivity index (χ2v) is 8.86. The van der Waals surface area contributed by atoms with E-state index in [0.29, 0.717) is 5.92 Å². The summed E-state index contributed by atoms with van der Waals surface area (Å²) >= 11 is 2.08. The Balaban J connectivity index is 4.15. The van der Waals surface area contributed by atoms with Crippen LogP contribution in [0.2, 0.25) is 0 Å². The van der Waals surface area contributed by atoms with Crippen LogP contribution in [0.3, 0.4) is 0 Å². The van der Waals surface area contributed by atoms with E-state index in [-0.39, 0.29) is 0 Å². The molecule has 0 bridgehead atoms. The van der Waals surface area contributed by atoms with Crippen molar-refractivity contribution in [2.45, 2.75) is 110 Å². The first-order chi connectivity index (χ1) is 13.2. The molecule has 0 saturated carbocycles. The van der Waals surface area contributed by atoms with Crippen molar-refractivity contribution in [3.63, 3.8) is 0 Å². The van der Waals surface area contributed by atoms with E-state index in [2.05, 4.69) is 25.6 Å². The van der Waals surface area contributed by atoms with Gasteiger partial charge in [0.1, 0.15) is 0 Å². The Morgan fingerprint density at radius 1 is 0.593 bits per heavy atom. The first kappa shape index (κ1) is 27.2. The summed E-state index contributed by atoms with van der Waals surface area (Å²) in [6, 6.07) is 0. The van der Waals surface area contributed by atoms with Crippen molar-refractivity contribution in [2.75, 3.05) is 32.8 Å². The Morgan fingerprint density at radius 2 is 1.07 bits per heavy atom. The first-order valence-electron chi connectivity index (χ1n) is 11.4. The van der Waals surface area contributed by atoms with E-state index < -0.39 is 5.97 Å². The van der Waals surface area contributed by atoms with Crippen LogP contribution in [0.25, 0.3) is 0 Å². The lowest BCUT2D eigenvalue weighted by Gasteiger charge is -2.36. The van der Waals surface area contributed by atoms with Crippen LogP contribution in [0.15, 0.2) is 0 Å². The summed E-state index contributed by atoms with van der Waals surface area (Å²) < 4.78 is 17.0. The van der Waals surface area contributed by atoms with Crippen LogP contribution < -0.4 is 0 Å². The van der Waals surface area contributed by atoms with Gasteiger partial charge in [0.25, 0.3) is 5.97 Å². The highest BCUT2D eigenvalue weighted by molar-refractivity contribution is 7.99. The van der Waals surface area contributed by atoms with Gasteiger partial charge in [-0.3, -0.25) is 0 Å². The molecule has 0 saturated heterocycles. The molecule has 0 aromatic rings. The van der Waals surface area contributed by atoms with Crippen molar-refractivity contribution in [3.8, 4) is 0 Å². The Bertz CT molecular complexity index is 287. The number of thioether (sulfide) groups is 1. The van der Waals surface area contributed by atoms with Crippen molar-refractivity contribution in [2.24, 2.45) is 5.92 Å². The number of ether oxygens (including phenoxy) is 3. The van der Waals surface area contributed by atoms with Gasteiger partial charge in [0.2, 0.25) is 0 Å². The second kappa shape index (κ2) is 19.5. The highest BCUT2D eigenvalue weighted by Gasteiger charge is 2.39. The fraction of sp³-hybridized carbons (Fsp3) is 1.00. The van der Waals surface area contributed by atoms with E-state index in [9.17, 15) is 0 Å². The topological polar surface area (TPSA) is 27.7 Å². The fourth-order valence-electron chi connectivity index (χ4n) is 3.73. The summed E-state index contributed by atoms with van der Waals surface area (Å²) in [7, 11) is 5.10. The number of methoxy groups -OCH3 is 3. The maximum atomic E-state index is 5.67. The molecule has 0 N–H and O–H groups in total. The van der Waals surface area contributed by atoms with E-state index >= 15 is 0 Å². The lowest BCUT2D eigenvalue weighted by atomic mass is 9.95. The average Bonchev–Trinajstić information content (AvgIpc) is 2.70. The quantitative estimate of drug-likeness (QED) is 0.147. The van der Waals surface area contributed by atoms with E-state index in [1.165, 1.54) is 82.8 Å². The number of unbranched alkanes of at least 4 members (excludes halogenated alkanes) is 10. The summed E-state index contributed by atoms with van der Waals surface area (Å²) in [5.74, 6) is 1.84. The van der Waals surface area contributed by atoms with Gasteiger partial charge in [-0.15, -0.1) is 0 Å². The van der Waals surface area contributed by atoms with Crippen LogP contribution in [-0.2, 0) is 14.2 Å². The molecule has 0 fully saturated rings. The molecule has 1 unspecified atom stereocenters. The summed E-state index contributed by atoms with van der Waals surface area (Å²) in [5, 5.41) is 0. The smallest absolute Gasteiger partial charge is 0.285 e. The molecule has 0 aliphatic carbocycles. The fourth-order valence-corrected chi connectivity index (χ4v) is 4.79. The van der Waals surface area contributed by atoms with Crippen LogP contribution in [0.4, 0.5) is 0 Å². The minimum atomic E-state index is -0.885. The lowest BCUT2D eigenvalue weighted by Crippen LogP contribution is -2.44. The van der Waals surface area contributed by atoms with Crippen molar-refractivity contribution < 1.29 is 14.2 Å². The van der Waals surface area contributed by atoms with Gasteiger partial charge in [-0.2, -0.15) is 11.8 Å². The molecule has 0 radical (unpaired) electrons. The summed E-state index contributed by atoms with van der Waals surface area (Å²) in [5.41, 5.74) is 0. The molecule has 0 aliphatic heterocycles. The third kappa shape index (κ3) is 13.1. The molecule has 0 heterocycles. The van der Waals surface area contributed by atoms with Gasteiger partial charge in [0.15, 0.2) is 0 Å². The summed E-state index contributed by atoms with van der Waals surface area (Å²) in [4.78, 5) is 0. The van der Waals surface area contributed by atoms with Gasteiger partial charge in [-0.1, -0.05) is 84.5 Å².